The number of thiophene rings is 1. The van der Waals surface area contributed by atoms with Gasteiger partial charge in [0.1, 0.15) is 16.9 Å². The van der Waals surface area contributed by atoms with Crippen LogP contribution in [0.2, 0.25) is 0 Å². The molecule has 2 atom stereocenters. The van der Waals surface area contributed by atoms with Gasteiger partial charge >= 0.3 is 5.97 Å². The second kappa shape index (κ2) is 6.49. The van der Waals surface area contributed by atoms with Crippen molar-refractivity contribution >= 4 is 33.4 Å². The summed E-state index contributed by atoms with van der Waals surface area (Å²) in [6.45, 7) is 0.629. The monoisotopic (exact) mass is 371 g/mol. The van der Waals surface area contributed by atoms with E-state index in [-0.39, 0.29) is 18.4 Å². The van der Waals surface area contributed by atoms with Gasteiger partial charge in [0, 0.05) is 37.6 Å². The average Bonchev–Trinajstić information content (AvgIpc) is 3.29. The van der Waals surface area contributed by atoms with Crippen molar-refractivity contribution in [3.8, 4) is 0 Å². The number of likely N-dealkylation sites (tertiary alicyclic amines) is 1. The lowest BCUT2D eigenvalue weighted by atomic mass is 9.85. The van der Waals surface area contributed by atoms with Crippen LogP contribution in [-0.2, 0) is 11.8 Å². The molecule has 3 aromatic rings. The van der Waals surface area contributed by atoms with Crippen LogP contribution in [0.3, 0.4) is 0 Å². The maximum Gasteiger partial charge on any atom is 0.308 e. The Morgan fingerprint density at radius 1 is 1.31 bits per heavy atom. The highest BCUT2D eigenvalue weighted by molar-refractivity contribution is 7.16. The maximum atomic E-state index is 13.1. The van der Waals surface area contributed by atoms with Gasteiger partial charge in [0.25, 0.3) is 5.91 Å². The lowest BCUT2D eigenvalue weighted by molar-refractivity contribution is -0.143. The van der Waals surface area contributed by atoms with Crippen molar-refractivity contribution in [2.45, 2.75) is 12.3 Å². The highest BCUT2D eigenvalue weighted by Gasteiger charge is 2.36. The quantitative estimate of drug-likeness (QED) is 0.753. The summed E-state index contributed by atoms with van der Waals surface area (Å²) in [5.74, 6) is -1.82. The fraction of sp³-hybridized carbons (Fsp3) is 0.353. The number of carboxylic acid groups (broad SMARTS) is 1. The summed E-state index contributed by atoms with van der Waals surface area (Å²) >= 11 is 1.44. The number of rotatable bonds is 3. The van der Waals surface area contributed by atoms with Crippen molar-refractivity contribution in [3.63, 3.8) is 0 Å². The highest BCUT2D eigenvalue weighted by atomic mass is 32.1. The molecule has 134 valence electrons. The van der Waals surface area contributed by atoms with E-state index in [0.29, 0.717) is 24.0 Å². The molecule has 1 amide bonds. The van der Waals surface area contributed by atoms with E-state index in [9.17, 15) is 14.7 Å². The van der Waals surface area contributed by atoms with E-state index in [4.69, 9.17) is 0 Å². The number of aliphatic carboxylic acids is 1. The molecule has 2 unspecified atom stereocenters. The topological polar surface area (TPSA) is 101 Å². The number of aryl methyl sites for hydroxylation is 1. The van der Waals surface area contributed by atoms with Gasteiger partial charge in [-0.25, -0.2) is 9.97 Å². The van der Waals surface area contributed by atoms with Crippen LogP contribution in [0, 0.1) is 5.92 Å². The highest BCUT2D eigenvalue weighted by Crippen LogP contribution is 2.32. The number of aromatic nitrogens is 4. The standard InChI is InChI=1S/C17H17N5O3S/c1-21-6-12(5-20-21)10-4-11(17(24)25)8-22(7-10)16(23)14-13-2-3-26-15(13)19-9-18-14/h2-3,5-6,9-11H,4,7-8H2,1H3,(H,24,25). The maximum absolute atomic E-state index is 13.1. The zero-order valence-electron chi connectivity index (χ0n) is 14.1. The molecule has 4 rings (SSSR count). The lowest BCUT2D eigenvalue weighted by Crippen LogP contribution is -2.45. The molecule has 0 aromatic carbocycles. The Morgan fingerprint density at radius 3 is 2.88 bits per heavy atom. The molecule has 9 heteroatoms. The number of carbonyl (C=O) groups excluding carboxylic acids is 1. The smallest absolute Gasteiger partial charge is 0.308 e. The van der Waals surface area contributed by atoms with Gasteiger partial charge in [-0.3, -0.25) is 14.3 Å². The average molecular weight is 371 g/mol. The summed E-state index contributed by atoms with van der Waals surface area (Å²) in [5, 5.41) is 16.3. The summed E-state index contributed by atoms with van der Waals surface area (Å²) in [6.07, 6.45) is 5.48. The number of carboxylic acids is 1. The van der Waals surface area contributed by atoms with E-state index >= 15 is 0 Å². The van der Waals surface area contributed by atoms with E-state index in [1.807, 2.05) is 24.7 Å². The fourth-order valence-corrected chi connectivity index (χ4v) is 4.18. The van der Waals surface area contributed by atoms with Crippen molar-refractivity contribution in [2.24, 2.45) is 13.0 Å². The largest absolute Gasteiger partial charge is 0.481 e. The second-order valence-corrected chi connectivity index (χ2v) is 7.38. The van der Waals surface area contributed by atoms with Crippen LogP contribution in [0.25, 0.3) is 10.2 Å². The molecule has 0 saturated carbocycles. The summed E-state index contributed by atoms with van der Waals surface area (Å²) in [5.41, 5.74) is 1.27. The van der Waals surface area contributed by atoms with E-state index in [1.54, 1.807) is 15.8 Å². The molecule has 1 saturated heterocycles. The lowest BCUT2D eigenvalue weighted by Gasteiger charge is -2.35. The Bertz CT molecular complexity index is 982. The molecule has 1 fully saturated rings. The molecule has 3 aromatic heterocycles. The van der Waals surface area contributed by atoms with Crippen molar-refractivity contribution in [1.29, 1.82) is 0 Å². The first kappa shape index (κ1) is 16.6. The van der Waals surface area contributed by atoms with Gasteiger partial charge in [0.05, 0.1) is 12.1 Å². The third kappa shape index (κ3) is 2.94. The number of hydrogen-bond acceptors (Lipinski definition) is 6. The van der Waals surface area contributed by atoms with E-state index < -0.39 is 11.9 Å². The Kier molecular flexibility index (Phi) is 4.15. The van der Waals surface area contributed by atoms with Crippen molar-refractivity contribution in [2.75, 3.05) is 13.1 Å². The second-order valence-electron chi connectivity index (χ2n) is 6.49. The molecule has 8 nitrogen and oxygen atoms in total. The minimum atomic E-state index is -0.889. The minimum Gasteiger partial charge on any atom is -0.481 e. The fourth-order valence-electron chi connectivity index (χ4n) is 3.45. The van der Waals surface area contributed by atoms with Crippen LogP contribution < -0.4 is 0 Å². The van der Waals surface area contributed by atoms with Crippen LogP contribution in [0.15, 0.2) is 30.2 Å². The van der Waals surface area contributed by atoms with Gasteiger partial charge in [-0.15, -0.1) is 11.3 Å². The van der Waals surface area contributed by atoms with Crippen LogP contribution in [0.1, 0.15) is 28.4 Å². The Labute approximate surface area is 153 Å². The zero-order valence-corrected chi connectivity index (χ0v) is 14.9. The van der Waals surface area contributed by atoms with Crippen molar-refractivity contribution in [3.05, 3.63) is 41.4 Å². The summed E-state index contributed by atoms with van der Waals surface area (Å²) in [4.78, 5) is 35.4. The Hall–Kier alpha value is -2.81. The number of amides is 1. The Balaban J connectivity index is 1.66. The molecule has 4 heterocycles. The normalized spacial score (nSPS) is 20.4. The predicted octanol–water partition coefficient (Wildman–Crippen LogP) is 1.76. The van der Waals surface area contributed by atoms with Gasteiger partial charge in [-0.05, 0) is 23.4 Å². The number of hydrogen-bond donors (Lipinski definition) is 1. The summed E-state index contributed by atoms with van der Waals surface area (Å²) < 4.78 is 1.69. The molecule has 26 heavy (non-hydrogen) atoms. The van der Waals surface area contributed by atoms with Gasteiger partial charge < -0.3 is 10.0 Å². The van der Waals surface area contributed by atoms with Crippen LogP contribution in [0.5, 0.6) is 0 Å². The summed E-state index contributed by atoms with van der Waals surface area (Å²) in [6, 6.07) is 1.82. The van der Waals surface area contributed by atoms with Gasteiger partial charge in [-0.2, -0.15) is 5.10 Å². The molecule has 1 aliphatic rings. The third-order valence-corrected chi connectivity index (χ3v) is 5.57. The number of nitrogens with zero attached hydrogens (tertiary/aromatic N) is 5. The number of carbonyl (C=O) groups is 2. The molecule has 0 spiro atoms. The molecule has 0 aliphatic carbocycles. The minimum absolute atomic E-state index is 0.0673. The first-order valence-electron chi connectivity index (χ1n) is 8.21. The molecule has 0 bridgehead atoms. The zero-order chi connectivity index (χ0) is 18.3. The summed E-state index contributed by atoms with van der Waals surface area (Å²) in [7, 11) is 1.82. The van der Waals surface area contributed by atoms with E-state index in [0.717, 1.165) is 10.4 Å². The van der Waals surface area contributed by atoms with Gasteiger partial charge in [-0.1, -0.05) is 0 Å². The predicted molar refractivity (Wildman–Crippen MR) is 95.0 cm³/mol. The first-order chi connectivity index (χ1) is 12.5. The first-order valence-corrected chi connectivity index (χ1v) is 9.09. The van der Waals surface area contributed by atoms with Crippen LogP contribution in [-0.4, -0.2) is 54.7 Å². The van der Waals surface area contributed by atoms with Gasteiger partial charge in [0.2, 0.25) is 0 Å². The molecule has 1 aliphatic heterocycles. The molecular weight excluding hydrogens is 354 g/mol. The molecule has 1 N–H and O–H groups in total. The SMILES string of the molecule is Cn1cc(C2CC(C(=O)O)CN(C(=O)c3ncnc4sccc34)C2)cn1. The van der Waals surface area contributed by atoms with Crippen molar-refractivity contribution < 1.29 is 14.7 Å². The van der Waals surface area contributed by atoms with E-state index in [2.05, 4.69) is 15.1 Å². The van der Waals surface area contributed by atoms with Gasteiger partial charge in [0.15, 0.2) is 0 Å². The molecular formula is C17H17N5O3S. The number of fused-ring (bicyclic) bond motifs is 1. The number of piperidine rings is 1. The van der Waals surface area contributed by atoms with Crippen LogP contribution >= 0.6 is 11.3 Å². The molecule has 0 radical (unpaired) electrons. The Morgan fingerprint density at radius 2 is 2.15 bits per heavy atom. The third-order valence-electron chi connectivity index (χ3n) is 4.75. The van der Waals surface area contributed by atoms with Crippen molar-refractivity contribution in [1.82, 2.24) is 24.6 Å². The van der Waals surface area contributed by atoms with E-state index in [1.165, 1.54) is 17.7 Å². The van der Waals surface area contributed by atoms with Crippen LogP contribution in [0.4, 0.5) is 0 Å².